The van der Waals surface area contributed by atoms with Crippen molar-refractivity contribution in [2.75, 3.05) is 19.7 Å². The predicted octanol–water partition coefficient (Wildman–Crippen LogP) is -0.320. The first-order valence-electron chi connectivity index (χ1n) is 5.46. The van der Waals surface area contributed by atoms with Crippen LogP contribution in [0, 0.1) is 5.92 Å². The zero-order valence-corrected chi connectivity index (χ0v) is 9.28. The number of carbonyl (C=O) groups is 1. The van der Waals surface area contributed by atoms with Gasteiger partial charge in [0.25, 0.3) is 0 Å². The van der Waals surface area contributed by atoms with Crippen molar-refractivity contribution in [3.8, 4) is 0 Å². The third-order valence-corrected chi connectivity index (χ3v) is 3.05. The molecule has 1 aromatic heterocycles. The summed E-state index contributed by atoms with van der Waals surface area (Å²) in [6.07, 6.45) is 3.85. The summed E-state index contributed by atoms with van der Waals surface area (Å²) in [6.45, 7) is 3.34. The Balaban J connectivity index is 1.98. The number of rotatable bonds is 3. The largest absolute Gasteiger partial charge is 0.396 e. The Hall–Kier alpha value is -1.43. The molecule has 2 unspecified atom stereocenters. The van der Waals surface area contributed by atoms with Crippen LogP contribution in [-0.4, -0.2) is 50.4 Å². The highest BCUT2D eigenvalue weighted by molar-refractivity contribution is 5.80. The fourth-order valence-electron chi connectivity index (χ4n) is 1.98. The van der Waals surface area contributed by atoms with E-state index in [0.29, 0.717) is 6.54 Å². The minimum absolute atomic E-state index is 0.0430. The van der Waals surface area contributed by atoms with E-state index >= 15 is 0 Å². The highest BCUT2D eigenvalue weighted by Crippen LogP contribution is 2.19. The molecule has 0 radical (unpaired) electrons. The zero-order chi connectivity index (χ0) is 11.5. The number of amides is 1. The van der Waals surface area contributed by atoms with Crippen LogP contribution in [0.2, 0.25) is 0 Å². The highest BCUT2D eigenvalue weighted by Gasteiger charge is 2.29. The maximum absolute atomic E-state index is 12.1. The highest BCUT2D eigenvalue weighted by atomic mass is 16.3. The molecule has 2 rings (SSSR count). The van der Waals surface area contributed by atoms with E-state index in [9.17, 15) is 4.79 Å². The van der Waals surface area contributed by atoms with Crippen LogP contribution in [0.5, 0.6) is 0 Å². The summed E-state index contributed by atoms with van der Waals surface area (Å²) < 4.78 is 1.55. The molecule has 6 nitrogen and oxygen atoms in total. The van der Waals surface area contributed by atoms with Crippen LogP contribution in [0.25, 0.3) is 0 Å². The molecule has 1 saturated heterocycles. The summed E-state index contributed by atoms with van der Waals surface area (Å²) >= 11 is 0. The maximum Gasteiger partial charge on any atom is 0.247 e. The van der Waals surface area contributed by atoms with Crippen molar-refractivity contribution in [3.63, 3.8) is 0 Å². The van der Waals surface area contributed by atoms with Crippen molar-refractivity contribution in [3.05, 3.63) is 12.7 Å². The smallest absolute Gasteiger partial charge is 0.247 e. The van der Waals surface area contributed by atoms with Gasteiger partial charge < -0.3 is 10.0 Å². The quantitative estimate of drug-likeness (QED) is 0.763. The topological polar surface area (TPSA) is 71.2 Å². The van der Waals surface area contributed by atoms with Crippen LogP contribution in [0.4, 0.5) is 0 Å². The van der Waals surface area contributed by atoms with Crippen molar-refractivity contribution in [1.82, 2.24) is 19.7 Å². The molecule has 2 atom stereocenters. The summed E-state index contributed by atoms with van der Waals surface area (Å²) in [7, 11) is 0. The number of hydrogen-bond donors (Lipinski definition) is 1. The Morgan fingerprint density at radius 2 is 2.50 bits per heavy atom. The van der Waals surface area contributed by atoms with E-state index < -0.39 is 0 Å². The summed E-state index contributed by atoms with van der Waals surface area (Å²) in [5, 5.41) is 13.0. The molecule has 1 aliphatic rings. The van der Waals surface area contributed by atoms with Crippen LogP contribution >= 0.6 is 0 Å². The van der Waals surface area contributed by atoms with Crippen LogP contribution < -0.4 is 0 Å². The molecule has 16 heavy (non-hydrogen) atoms. The van der Waals surface area contributed by atoms with Gasteiger partial charge in [0.1, 0.15) is 18.7 Å². The molecular formula is C10H16N4O2. The average molecular weight is 224 g/mol. The Morgan fingerprint density at radius 3 is 3.06 bits per heavy atom. The van der Waals surface area contributed by atoms with Crippen molar-refractivity contribution in [1.29, 1.82) is 0 Å². The number of likely N-dealkylation sites (tertiary alicyclic amines) is 1. The molecule has 0 aliphatic carbocycles. The number of nitrogens with zero attached hydrogens (tertiary/aromatic N) is 4. The lowest BCUT2D eigenvalue weighted by Gasteiger charge is -2.20. The molecule has 1 aromatic rings. The SMILES string of the molecule is CC(C(=O)N1CCC(CO)C1)n1cncn1. The van der Waals surface area contributed by atoms with E-state index in [1.165, 1.54) is 6.33 Å². The van der Waals surface area contributed by atoms with Gasteiger partial charge in [0.15, 0.2) is 0 Å². The summed E-state index contributed by atoms with van der Waals surface area (Å²) in [4.78, 5) is 17.7. The van der Waals surface area contributed by atoms with Crippen molar-refractivity contribution < 1.29 is 9.90 Å². The molecule has 1 N–H and O–H groups in total. The normalized spacial score (nSPS) is 22.4. The van der Waals surface area contributed by atoms with Gasteiger partial charge in [-0.25, -0.2) is 9.67 Å². The number of hydrogen-bond acceptors (Lipinski definition) is 4. The molecule has 0 saturated carbocycles. The van der Waals surface area contributed by atoms with Gasteiger partial charge in [0, 0.05) is 25.6 Å². The van der Waals surface area contributed by atoms with E-state index in [0.717, 1.165) is 13.0 Å². The molecule has 0 spiro atoms. The monoisotopic (exact) mass is 224 g/mol. The first-order valence-corrected chi connectivity index (χ1v) is 5.46. The molecule has 1 fully saturated rings. The first-order chi connectivity index (χ1) is 7.72. The Labute approximate surface area is 93.9 Å². The standard InChI is InChI=1S/C10H16N4O2/c1-8(14-7-11-6-12-14)10(16)13-3-2-9(4-13)5-15/h6-9,15H,2-5H2,1H3. The second-order valence-corrected chi connectivity index (χ2v) is 4.17. The fraction of sp³-hybridized carbons (Fsp3) is 0.700. The molecule has 0 bridgehead atoms. The van der Waals surface area contributed by atoms with Gasteiger partial charge in [0.05, 0.1) is 0 Å². The van der Waals surface area contributed by atoms with E-state index in [1.54, 1.807) is 15.9 Å². The molecular weight excluding hydrogens is 208 g/mol. The number of aliphatic hydroxyl groups excluding tert-OH is 1. The fourth-order valence-corrected chi connectivity index (χ4v) is 1.98. The third kappa shape index (κ3) is 2.06. The van der Waals surface area contributed by atoms with E-state index in [1.807, 2.05) is 6.92 Å². The second kappa shape index (κ2) is 4.61. The van der Waals surface area contributed by atoms with Crippen LogP contribution in [0.15, 0.2) is 12.7 Å². The van der Waals surface area contributed by atoms with E-state index in [-0.39, 0.29) is 24.5 Å². The van der Waals surface area contributed by atoms with Crippen molar-refractivity contribution in [2.45, 2.75) is 19.4 Å². The van der Waals surface area contributed by atoms with Gasteiger partial charge in [-0.2, -0.15) is 5.10 Å². The van der Waals surface area contributed by atoms with Gasteiger partial charge >= 0.3 is 0 Å². The lowest BCUT2D eigenvalue weighted by molar-refractivity contribution is -0.133. The van der Waals surface area contributed by atoms with Gasteiger partial charge in [-0.1, -0.05) is 0 Å². The Morgan fingerprint density at radius 1 is 1.69 bits per heavy atom. The number of aromatic nitrogens is 3. The summed E-state index contributed by atoms with van der Waals surface area (Å²) in [5.41, 5.74) is 0. The number of aliphatic hydroxyl groups is 1. The number of carbonyl (C=O) groups excluding carboxylic acids is 1. The van der Waals surface area contributed by atoms with Gasteiger partial charge in [-0.15, -0.1) is 0 Å². The summed E-state index contributed by atoms with van der Waals surface area (Å²) in [5.74, 6) is 0.272. The van der Waals surface area contributed by atoms with Crippen LogP contribution in [0.3, 0.4) is 0 Å². The maximum atomic E-state index is 12.1. The summed E-state index contributed by atoms with van der Waals surface area (Å²) in [6, 6.07) is -0.319. The van der Waals surface area contributed by atoms with Gasteiger partial charge in [-0.05, 0) is 13.3 Å². The second-order valence-electron chi connectivity index (χ2n) is 4.17. The van der Waals surface area contributed by atoms with E-state index in [2.05, 4.69) is 10.1 Å². The zero-order valence-electron chi connectivity index (χ0n) is 9.28. The predicted molar refractivity (Wildman–Crippen MR) is 56.5 cm³/mol. The molecule has 1 amide bonds. The molecule has 0 aromatic carbocycles. The average Bonchev–Trinajstić information content (AvgIpc) is 2.97. The Bertz CT molecular complexity index is 352. The van der Waals surface area contributed by atoms with E-state index in [4.69, 9.17) is 5.11 Å². The Kier molecular flexibility index (Phi) is 3.19. The molecule has 88 valence electrons. The first kappa shape index (κ1) is 11.1. The lowest BCUT2D eigenvalue weighted by atomic mass is 10.1. The third-order valence-electron chi connectivity index (χ3n) is 3.05. The van der Waals surface area contributed by atoms with Gasteiger partial charge in [-0.3, -0.25) is 4.79 Å². The minimum Gasteiger partial charge on any atom is -0.396 e. The molecule has 2 heterocycles. The van der Waals surface area contributed by atoms with Crippen LogP contribution in [0.1, 0.15) is 19.4 Å². The van der Waals surface area contributed by atoms with Gasteiger partial charge in [0.2, 0.25) is 5.91 Å². The molecule has 1 aliphatic heterocycles. The lowest BCUT2D eigenvalue weighted by Crippen LogP contribution is -2.35. The van der Waals surface area contributed by atoms with Crippen molar-refractivity contribution >= 4 is 5.91 Å². The molecule has 6 heteroatoms. The minimum atomic E-state index is -0.319. The van der Waals surface area contributed by atoms with Crippen LogP contribution in [-0.2, 0) is 4.79 Å². The van der Waals surface area contributed by atoms with Crippen molar-refractivity contribution in [2.24, 2.45) is 5.92 Å².